The van der Waals surface area contributed by atoms with Gasteiger partial charge in [-0.25, -0.2) is 4.39 Å². The van der Waals surface area contributed by atoms with E-state index in [0.29, 0.717) is 0 Å². The van der Waals surface area contributed by atoms with Gasteiger partial charge in [-0.3, -0.25) is 9.88 Å². The summed E-state index contributed by atoms with van der Waals surface area (Å²) in [7, 11) is 0. The van der Waals surface area contributed by atoms with Gasteiger partial charge in [0.25, 0.3) is 0 Å². The molecule has 0 saturated heterocycles. The summed E-state index contributed by atoms with van der Waals surface area (Å²) in [5.74, 6) is -0.238. The van der Waals surface area contributed by atoms with Crippen LogP contribution in [0, 0.1) is 12.7 Å². The Labute approximate surface area is 167 Å². The Hall–Kier alpha value is -2.50. The van der Waals surface area contributed by atoms with Crippen molar-refractivity contribution in [2.45, 2.75) is 34.2 Å². The molecule has 28 heavy (non-hydrogen) atoms. The minimum Gasteiger partial charge on any atom is -0.397 e. The number of benzene rings is 2. The van der Waals surface area contributed by atoms with Crippen LogP contribution in [0.25, 0.3) is 10.9 Å². The number of nitrogens with one attached hydrogen (secondary N) is 1. The van der Waals surface area contributed by atoms with Gasteiger partial charge in [-0.15, -0.1) is 0 Å². The Balaban J connectivity index is 0.000000878. The molecule has 0 aliphatic heterocycles. The standard InChI is InChI=1S/C21H24FN3.C2H6O/c1-4-25(5-2)14-16-12-19-15(3)6-11-20(21(19)23-13-16)24-18-9-7-17(22)8-10-18;1-2-3/h6-13,24H,4-5,14H2,1-3H3;3H,2H2,1H3. The largest absolute Gasteiger partial charge is 0.397 e. The summed E-state index contributed by atoms with van der Waals surface area (Å²) < 4.78 is 13.1. The van der Waals surface area contributed by atoms with E-state index in [1.807, 2.05) is 12.3 Å². The molecule has 0 aliphatic rings. The lowest BCUT2D eigenvalue weighted by atomic mass is 10.1. The topological polar surface area (TPSA) is 48.4 Å². The Morgan fingerprint density at radius 1 is 1.04 bits per heavy atom. The number of rotatable bonds is 6. The second kappa shape index (κ2) is 10.7. The van der Waals surface area contributed by atoms with Gasteiger partial charge in [0.15, 0.2) is 0 Å². The van der Waals surface area contributed by atoms with Gasteiger partial charge in [0.1, 0.15) is 5.82 Å². The van der Waals surface area contributed by atoms with Crippen LogP contribution >= 0.6 is 0 Å². The van der Waals surface area contributed by atoms with Crippen LogP contribution in [0.4, 0.5) is 15.8 Å². The first-order chi connectivity index (χ1) is 13.5. The van der Waals surface area contributed by atoms with E-state index in [9.17, 15) is 4.39 Å². The van der Waals surface area contributed by atoms with Crippen LogP contribution in [0.5, 0.6) is 0 Å². The molecule has 0 fully saturated rings. The maximum atomic E-state index is 13.1. The second-order valence-corrected chi connectivity index (χ2v) is 6.58. The highest BCUT2D eigenvalue weighted by molar-refractivity contribution is 5.94. The van der Waals surface area contributed by atoms with Crippen molar-refractivity contribution in [3.63, 3.8) is 0 Å². The van der Waals surface area contributed by atoms with Crippen LogP contribution in [-0.4, -0.2) is 34.7 Å². The fraction of sp³-hybridized carbons (Fsp3) is 0.348. The summed E-state index contributed by atoms with van der Waals surface area (Å²) in [6.07, 6.45) is 1.95. The number of halogens is 1. The smallest absolute Gasteiger partial charge is 0.123 e. The van der Waals surface area contributed by atoms with Crippen LogP contribution in [0.3, 0.4) is 0 Å². The van der Waals surface area contributed by atoms with E-state index in [-0.39, 0.29) is 12.4 Å². The third-order valence-corrected chi connectivity index (χ3v) is 4.55. The predicted molar refractivity (Wildman–Crippen MR) is 116 cm³/mol. The Morgan fingerprint density at radius 2 is 1.68 bits per heavy atom. The van der Waals surface area contributed by atoms with E-state index in [1.54, 1.807) is 19.1 Å². The molecule has 0 aliphatic carbocycles. The number of hydrogen-bond acceptors (Lipinski definition) is 4. The maximum absolute atomic E-state index is 13.1. The molecular formula is C23H30FN3O. The zero-order chi connectivity index (χ0) is 20.5. The number of aliphatic hydroxyl groups is 1. The number of anilines is 2. The molecule has 0 unspecified atom stereocenters. The summed E-state index contributed by atoms with van der Waals surface area (Å²) in [5.41, 5.74) is 5.14. The van der Waals surface area contributed by atoms with Crippen LogP contribution < -0.4 is 5.32 Å². The van der Waals surface area contributed by atoms with Crippen molar-refractivity contribution in [1.82, 2.24) is 9.88 Å². The average Bonchev–Trinajstić information content (AvgIpc) is 2.70. The molecule has 5 heteroatoms. The van der Waals surface area contributed by atoms with Crippen molar-refractivity contribution >= 4 is 22.3 Å². The van der Waals surface area contributed by atoms with Crippen molar-refractivity contribution in [2.75, 3.05) is 25.0 Å². The minimum atomic E-state index is -0.238. The Morgan fingerprint density at radius 3 is 2.29 bits per heavy atom. The molecule has 0 saturated carbocycles. The van der Waals surface area contributed by atoms with Gasteiger partial charge < -0.3 is 10.4 Å². The summed E-state index contributed by atoms with van der Waals surface area (Å²) in [5, 5.41) is 12.1. The number of hydrogen-bond donors (Lipinski definition) is 2. The van der Waals surface area contributed by atoms with E-state index < -0.39 is 0 Å². The number of pyridine rings is 1. The number of nitrogens with zero attached hydrogens (tertiary/aromatic N) is 2. The van der Waals surface area contributed by atoms with Crippen LogP contribution in [-0.2, 0) is 6.54 Å². The monoisotopic (exact) mass is 383 g/mol. The normalized spacial score (nSPS) is 10.7. The molecule has 1 heterocycles. The lowest BCUT2D eigenvalue weighted by Gasteiger charge is -2.18. The molecule has 2 aromatic carbocycles. The molecule has 2 N–H and O–H groups in total. The first-order valence-corrected chi connectivity index (χ1v) is 9.76. The first kappa shape index (κ1) is 21.8. The number of aromatic nitrogens is 1. The average molecular weight is 384 g/mol. The van der Waals surface area contributed by atoms with E-state index in [4.69, 9.17) is 10.1 Å². The van der Waals surface area contributed by atoms with Gasteiger partial charge in [0.2, 0.25) is 0 Å². The van der Waals surface area contributed by atoms with Crippen molar-refractivity contribution in [3.05, 3.63) is 65.6 Å². The molecule has 0 bridgehead atoms. The fourth-order valence-electron chi connectivity index (χ4n) is 2.98. The summed E-state index contributed by atoms with van der Waals surface area (Å²) in [6, 6.07) is 12.7. The van der Waals surface area contributed by atoms with Gasteiger partial charge in [-0.05, 0) is 74.5 Å². The maximum Gasteiger partial charge on any atom is 0.123 e. The Bertz CT molecular complexity index is 877. The zero-order valence-electron chi connectivity index (χ0n) is 17.2. The molecule has 3 rings (SSSR count). The van der Waals surface area contributed by atoms with Gasteiger partial charge in [0, 0.05) is 30.4 Å². The minimum absolute atomic E-state index is 0.238. The van der Waals surface area contributed by atoms with Crippen molar-refractivity contribution in [3.8, 4) is 0 Å². The van der Waals surface area contributed by atoms with E-state index >= 15 is 0 Å². The number of fused-ring (bicyclic) bond motifs is 1. The summed E-state index contributed by atoms with van der Waals surface area (Å²) in [4.78, 5) is 7.09. The van der Waals surface area contributed by atoms with Crippen molar-refractivity contribution < 1.29 is 9.50 Å². The van der Waals surface area contributed by atoms with E-state index in [2.05, 4.69) is 43.1 Å². The van der Waals surface area contributed by atoms with Crippen LogP contribution in [0.15, 0.2) is 48.7 Å². The fourth-order valence-corrected chi connectivity index (χ4v) is 2.98. The molecule has 0 amide bonds. The molecule has 0 atom stereocenters. The molecule has 4 nitrogen and oxygen atoms in total. The Kier molecular flexibility index (Phi) is 8.36. The zero-order valence-corrected chi connectivity index (χ0v) is 17.2. The van der Waals surface area contributed by atoms with Crippen LogP contribution in [0.2, 0.25) is 0 Å². The SMILES string of the molecule is CCN(CC)Cc1cnc2c(Nc3ccc(F)cc3)ccc(C)c2c1.CCO. The lowest BCUT2D eigenvalue weighted by molar-refractivity contribution is 0.295. The van der Waals surface area contributed by atoms with Gasteiger partial charge in [-0.1, -0.05) is 19.9 Å². The summed E-state index contributed by atoms with van der Waals surface area (Å²) in [6.45, 7) is 11.3. The quantitative estimate of drug-likeness (QED) is 0.609. The van der Waals surface area contributed by atoms with Crippen molar-refractivity contribution in [2.24, 2.45) is 0 Å². The highest BCUT2D eigenvalue weighted by Gasteiger charge is 2.09. The van der Waals surface area contributed by atoms with E-state index in [1.165, 1.54) is 23.3 Å². The van der Waals surface area contributed by atoms with Crippen LogP contribution in [0.1, 0.15) is 31.9 Å². The van der Waals surface area contributed by atoms with Gasteiger partial charge in [0.05, 0.1) is 11.2 Å². The van der Waals surface area contributed by atoms with Gasteiger partial charge >= 0.3 is 0 Å². The highest BCUT2D eigenvalue weighted by Crippen LogP contribution is 2.28. The summed E-state index contributed by atoms with van der Waals surface area (Å²) >= 11 is 0. The first-order valence-electron chi connectivity index (χ1n) is 9.76. The predicted octanol–water partition coefficient (Wildman–Crippen LogP) is 5.27. The lowest BCUT2D eigenvalue weighted by Crippen LogP contribution is -2.22. The number of aryl methyl sites for hydroxylation is 1. The second-order valence-electron chi connectivity index (χ2n) is 6.58. The molecular weight excluding hydrogens is 353 g/mol. The van der Waals surface area contributed by atoms with E-state index in [0.717, 1.165) is 41.9 Å². The highest BCUT2D eigenvalue weighted by atomic mass is 19.1. The molecule has 3 aromatic rings. The molecule has 0 spiro atoms. The van der Waals surface area contributed by atoms with Gasteiger partial charge in [-0.2, -0.15) is 0 Å². The molecule has 150 valence electrons. The van der Waals surface area contributed by atoms with Crippen molar-refractivity contribution in [1.29, 1.82) is 0 Å². The molecule has 0 radical (unpaired) electrons. The molecule has 1 aromatic heterocycles. The third kappa shape index (κ3) is 5.75. The number of aliphatic hydroxyl groups excluding tert-OH is 1. The third-order valence-electron chi connectivity index (χ3n) is 4.55.